The van der Waals surface area contributed by atoms with Crippen LogP contribution in [0.2, 0.25) is 0 Å². The molecule has 0 fully saturated rings. The number of rotatable bonds is 16. The molecule has 0 bridgehead atoms. The lowest BCUT2D eigenvalue weighted by Crippen LogP contribution is -2.29. The van der Waals surface area contributed by atoms with Crippen LogP contribution < -0.4 is 10.2 Å². The van der Waals surface area contributed by atoms with Gasteiger partial charge in [-0.2, -0.15) is 5.10 Å². The van der Waals surface area contributed by atoms with Crippen molar-refractivity contribution in [3.05, 3.63) is 113 Å². The Balaban J connectivity index is 1.32. The average Bonchev–Trinajstić information content (AvgIpc) is 3.73. The summed E-state index contributed by atoms with van der Waals surface area (Å²) in [5.41, 5.74) is 8.85. The number of H-pyrrole nitrogens is 1. The molecule has 1 atom stereocenters. The van der Waals surface area contributed by atoms with Crippen molar-refractivity contribution in [2.75, 3.05) is 31.2 Å². The Bertz CT molecular complexity index is 1960. The second-order valence-electron chi connectivity index (χ2n) is 12.2. The smallest absolute Gasteiger partial charge is 0.141 e. The number of aliphatic hydroxyl groups is 3. The summed E-state index contributed by atoms with van der Waals surface area (Å²) in [5, 5.41) is 40.3. The number of aromatic nitrogens is 4. The Labute approximate surface area is 279 Å². The highest BCUT2D eigenvalue weighted by Gasteiger charge is 2.19. The minimum absolute atomic E-state index is 0.00172. The second kappa shape index (κ2) is 15.4. The molecular weight excluding hydrogens is 604 g/mol. The van der Waals surface area contributed by atoms with Crippen LogP contribution in [-0.2, 0) is 30.9 Å². The number of nitrogens with one attached hydrogen (secondary N) is 2. The van der Waals surface area contributed by atoms with Crippen LogP contribution in [0.3, 0.4) is 0 Å². The van der Waals surface area contributed by atoms with Crippen LogP contribution in [0.15, 0.2) is 91.1 Å². The molecular formula is C38H42N6O4. The second-order valence-corrected chi connectivity index (χ2v) is 12.2. The third-order valence-corrected chi connectivity index (χ3v) is 8.78. The first-order chi connectivity index (χ1) is 23.4. The fourth-order valence-corrected chi connectivity index (χ4v) is 6.23. The molecule has 0 aliphatic heterocycles. The molecule has 1 unspecified atom stereocenters. The lowest BCUT2D eigenvalue weighted by Gasteiger charge is -2.23. The molecule has 0 amide bonds. The number of anilines is 1. The van der Waals surface area contributed by atoms with Gasteiger partial charge in [-0.15, -0.1) is 0 Å². The Hall–Kier alpha value is -4.87. The van der Waals surface area contributed by atoms with Crippen LogP contribution in [-0.4, -0.2) is 67.2 Å². The number of carbonyl (C=O) groups excluding carboxylic acids is 1. The molecule has 0 saturated carbocycles. The molecule has 48 heavy (non-hydrogen) atoms. The van der Waals surface area contributed by atoms with E-state index in [0.717, 1.165) is 67.7 Å². The number of aromatic amines is 1. The van der Waals surface area contributed by atoms with Crippen molar-refractivity contribution in [3.8, 4) is 11.4 Å². The maximum Gasteiger partial charge on any atom is 0.141 e. The van der Waals surface area contributed by atoms with Gasteiger partial charge < -0.3 is 30.1 Å². The van der Waals surface area contributed by atoms with Gasteiger partial charge in [0.05, 0.1) is 42.6 Å². The number of hydrogen-bond donors (Lipinski definition) is 5. The molecule has 10 heteroatoms. The lowest BCUT2D eigenvalue weighted by molar-refractivity contribution is -0.117. The monoisotopic (exact) mass is 646 g/mol. The summed E-state index contributed by atoms with van der Waals surface area (Å²) >= 11 is 0. The molecule has 6 rings (SSSR count). The lowest BCUT2D eigenvalue weighted by atomic mass is 10.0. The molecule has 6 aromatic rings. The number of imidazole rings is 1. The van der Waals surface area contributed by atoms with Crippen LogP contribution in [0.5, 0.6) is 0 Å². The minimum Gasteiger partial charge on any atom is -0.395 e. The van der Waals surface area contributed by atoms with Gasteiger partial charge in [-0.25, -0.2) is 4.98 Å². The first-order valence-corrected chi connectivity index (χ1v) is 16.4. The van der Waals surface area contributed by atoms with E-state index >= 15 is 0 Å². The van der Waals surface area contributed by atoms with E-state index < -0.39 is 0 Å². The zero-order valence-corrected chi connectivity index (χ0v) is 27.1. The van der Waals surface area contributed by atoms with Gasteiger partial charge in [0.25, 0.3) is 0 Å². The number of carbonyl (C=O) groups is 1. The van der Waals surface area contributed by atoms with E-state index in [1.807, 2.05) is 53.6 Å². The topological polar surface area (TPSA) is 140 Å². The first kappa shape index (κ1) is 33.0. The van der Waals surface area contributed by atoms with Crippen molar-refractivity contribution < 1.29 is 20.1 Å². The van der Waals surface area contributed by atoms with Gasteiger partial charge in [-0.3, -0.25) is 9.89 Å². The van der Waals surface area contributed by atoms with Crippen molar-refractivity contribution in [2.24, 2.45) is 0 Å². The van der Waals surface area contributed by atoms with Gasteiger partial charge in [0, 0.05) is 55.3 Å². The summed E-state index contributed by atoms with van der Waals surface area (Å²) in [4.78, 5) is 19.5. The number of benzene rings is 4. The van der Waals surface area contributed by atoms with Crippen molar-refractivity contribution in [1.29, 1.82) is 0 Å². The highest BCUT2D eigenvalue weighted by molar-refractivity contribution is 5.82. The maximum absolute atomic E-state index is 12.4. The predicted octanol–water partition coefficient (Wildman–Crippen LogP) is 4.92. The quantitative estimate of drug-likeness (QED) is 0.1000. The first-order valence-electron chi connectivity index (χ1n) is 16.4. The Morgan fingerprint density at radius 1 is 0.896 bits per heavy atom. The van der Waals surface area contributed by atoms with Gasteiger partial charge in [0.15, 0.2) is 0 Å². The van der Waals surface area contributed by atoms with Gasteiger partial charge in [-0.05, 0) is 84.1 Å². The Morgan fingerprint density at radius 2 is 1.62 bits per heavy atom. The normalized spacial score (nSPS) is 12.2. The number of aryl methyl sites for hydroxylation is 2. The highest BCUT2D eigenvalue weighted by Crippen LogP contribution is 2.30. The number of fused-ring (bicyclic) bond motifs is 2. The molecule has 0 aliphatic carbocycles. The van der Waals surface area contributed by atoms with Crippen LogP contribution in [0, 0.1) is 0 Å². The largest absolute Gasteiger partial charge is 0.395 e. The number of nitrogens with zero attached hydrogens (tertiary/aromatic N) is 4. The van der Waals surface area contributed by atoms with Crippen molar-refractivity contribution in [2.45, 2.75) is 45.5 Å². The molecule has 248 valence electrons. The SMILES string of the molecule is CC(=O)CC(NCc1ccc2[nH]ncc2c1)c1ccc2c(c1)nc(-c1ccc(N(CCO)CCO)cc1)n2CCc1ccc(CO)cc1. The molecule has 0 saturated heterocycles. The van der Waals surface area contributed by atoms with E-state index in [1.165, 1.54) is 0 Å². The Kier molecular flexibility index (Phi) is 10.6. The predicted molar refractivity (Wildman–Crippen MR) is 189 cm³/mol. The summed E-state index contributed by atoms with van der Waals surface area (Å²) in [7, 11) is 0. The molecule has 5 N–H and O–H groups in total. The van der Waals surface area contributed by atoms with Crippen LogP contribution >= 0.6 is 0 Å². The Morgan fingerprint density at radius 3 is 2.33 bits per heavy atom. The molecule has 2 aromatic heterocycles. The molecule has 0 radical (unpaired) electrons. The van der Waals surface area contributed by atoms with Crippen LogP contribution in [0.4, 0.5) is 5.69 Å². The van der Waals surface area contributed by atoms with E-state index in [-0.39, 0.29) is 31.6 Å². The fraction of sp³-hybridized carbons (Fsp3) is 0.289. The van der Waals surface area contributed by atoms with E-state index in [9.17, 15) is 20.1 Å². The third-order valence-electron chi connectivity index (χ3n) is 8.78. The molecule has 0 aliphatic rings. The molecule has 2 heterocycles. The molecule has 0 spiro atoms. The van der Waals surface area contributed by atoms with Gasteiger partial charge in [0.1, 0.15) is 11.6 Å². The van der Waals surface area contributed by atoms with E-state index in [2.05, 4.69) is 62.5 Å². The highest BCUT2D eigenvalue weighted by atomic mass is 16.3. The maximum atomic E-state index is 12.4. The summed E-state index contributed by atoms with van der Waals surface area (Å²) in [6, 6.07) is 28.3. The number of Topliss-reactive ketones (excluding diaryl/α,β-unsaturated/α-hetero) is 1. The van der Waals surface area contributed by atoms with Crippen molar-refractivity contribution in [1.82, 2.24) is 25.1 Å². The minimum atomic E-state index is -0.186. The van der Waals surface area contributed by atoms with Crippen molar-refractivity contribution >= 4 is 33.4 Å². The zero-order chi connectivity index (χ0) is 33.5. The number of hydrogen-bond acceptors (Lipinski definition) is 8. The van der Waals surface area contributed by atoms with E-state index in [1.54, 1.807) is 6.92 Å². The summed E-state index contributed by atoms with van der Waals surface area (Å²) in [6.07, 6.45) is 2.95. The van der Waals surface area contributed by atoms with Gasteiger partial charge in [0.2, 0.25) is 0 Å². The third kappa shape index (κ3) is 7.64. The summed E-state index contributed by atoms with van der Waals surface area (Å²) < 4.78 is 2.24. The van der Waals surface area contributed by atoms with E-state index in [4.69, 9.17) is 4.98 Å². The van der Waals surface area contributed by atoms with Gasteiger partial charge in [-0.1, -0.05) is 36.4 Å². The standard InChI is InChI=1S/C38H42N6O4/c1-26(48)20-35(39-23-29-6-12-34-32(21-29)24-40-42-34)31-9-13-37-36(22-31)41-38(44(37)15-14-27-2-4-28(25-47)5-3-27)30-7-10-33(11-8-30)43(16-18-45)17-19-46/h2-13,21-22,24,35,39,45-47H,14-20,23,25H2,1H3,(H,40,42). The van der Waals surface area contributed by atoms with Gasteiger partial charge >= 0.3 is 0 Å². The van der Waals surface area contributed by atoms with Crippen LogP contribution in [0.25, 0.3) is 33.3 Å². The molecule has 10 nitrogen and oxygen atoms in total. The molecule has 4 aromatic carbocycles. The van der Waals surface area contributed by atoms with E-state index in [0.29, 0.717) is 32.6 Å². The summed E-state index contributed by atoms with van der Waals surface area (Å²) in [6.45, 7) is 3.79. The summed E-state index contributed by atoms with van der Waals surface area (Å²) in [5.74, 6) is 0.939. The number of aliphatic hydroxyl groups excluding tert-OH is 3. The number of ketones is 1. The van der Waals surface area contributed by atoms with Crippen molar-refractivity contribution in [3.63, 3.8) is 0 Å². The fourth-order valence-electron chi connectivity index (χ4n) is 6.23. The zero-order valence-electron chi connectivity index (χ0n) is 27.1. The van der Waals surface area contributed by atoms with Crippen LogP contribution in [0.1, 0.15) is 41.6 Å². The average molecular weight is 647 g/mol.